The van der Waals surface area contributed by atoms with E-state index in [0.29, 0.717) is 16.8 Å². The van der Waals surface area contributed by atoms with Crippen LogP contribution in [0.5, 0.6) is 0 Å². The Morgan fingerprint density at radius 3 is 2.67 bits per heavy atom. The summed E-state index contributed by atoms with van der Waals surface area (Å²) in [6, 6.07) is 7.10. The van der Waals surface area contributed by atoms with Crippen molar-refractivity contribution in [2.75, 3.05) is 5.73 Å². The average Bonchev–Trinajstić information content (AvgIpc) is 2.23. The van der Waals surface area contributed by atoms with E-state index in [4.69, 9.17) is 5.73 Å². The van der Waals surface area contributed by atoms with Gasteiger partial charge < -0.3 is 10.7 Å². The molecule has 1 aromatic heterocycles. The van der Waals surface area contributed by atoms with Gasteiger partial charge in [-0.2, -0.15) is 0 Å². The molecule has 0 spiro atoms. The molecule has 1 aromatic carbocycles. The van der Waals surface area contributed by atoms with Crippen molar-refractivity contribution in [1.82, 2.24) is 4.98 Å². The average molecular weight is 204 g/mol. The quantitative estimate of drug-likeness (QED) is 0.695. The van der Waals surface area contributed by atoms with Crippen LogP contribution >= 0.6 is 0 Å². The number of anilines is 1. The highest BCUT2D eigenvalue weighted by atomic mass is 19.1. The lowest BCUT2D eigenvalue weighted by molar-refractivity contribution is 0.628. The second kappa shape index (κ2) is 3.57. The first kappa shape index (κ1) is 9.45. The molecule has 0 unspecified atom stereocenters. The van der Waals surface area contributed by atoms with Crippen molar-refractivity contribution in [3.8, 4) is 11.1 Å². The number of halogens is 1. The van der Waals surface area contributed by atoms with Crippen LogP contribution in [0.3, 0.4) is 0 Å². The molecule has 2 rings (SSSR count). The van der Waals surface area contributed by atoms with E-state index >= 15 is 0 Å². The highest BCUT2D eigenvalue weighted by Gasteiger charge is 2.03. The van der Waals surface area contributed by atoms with Crippen molar-refractivity contribution < 1.29 is 4.39 Å². The number of H-pyrrole nitrogens is 1. The first-order chi connectivity index (χ1) is 7.16. The van der Waals surface area contributed by atoms with Crippen molar-refractivity contribution in [3.63, 3.8) is 0 Å². The van der Waals surface area contributed by atoms with E-state index in [0.717, 1.165) is 0 Å². The topological polar surface area (TPSA) is 58.9 Å². The zero-order chi connectivity index (χ0) is 10.8. The molecule has 0 amide bonds. The van der Waals surface area contributed by atoms with Gasteiger partial charge in [0.25, 0.3) is 0 Å². The maximum Gasteiger partial charge on any atom is 0.247 e. The Kier molecular flexibility index (Phi) is 2.25. The predicted octanol–water partition coefficient (Wildman–Crippen LogP) is 1.76. The molecule has 0 aliphatic carbocycles. The number of pyridine rings is 1. The van der Waals surface area contributed by atoms with Gasteiger partial charge in [-0.05, 0) is 24.3 Å². The molecule has 3 N–H and O–H groups in total. The molecule has 0 fully saturated rings. The van der Waals surface area contributed by atoms with Crippen molar-refractivity contribution in [1.29, 1.82) is 0 Å². The highest BCUT2D eigenvalue weighted by molar-refractivity contribution is 5.75. The van der Waals surface area contributed by atoms with Crippen LogP contribution in [0.15, 0.2) is 41.3 Å². The summed E-state index contributed by atoms with van der Waals surface area (Å²) in [6.45, 7) is 0. The van der Waals surface area contributed by atoms with Gasteiger partial charge in [0.05, 0.1) is 0 Å². The number of aromatic nitrogens is 1. The third-order valence-electron chi connectivity index (χ3n) is 2.11. The molecule has 0 saturated carbocycles. The van der Waals surface area contributed by atoms with Crippen LogP contribution in [-0.2, 0) is 0 Å². The lowest BCUT2D eigenvalue weighted by Crippen LogP contribution is -2.02. The summed E-state index contributed by atoms with van der Waals surface area (Å²) in [4.78, 5) is 13.4. The van der Waals surface area contributed by atoms with E-state index in [1.807, 2.05) is 0 Å². The molecule has 0 radical (unpaired) electrons. The van der Waals surface area contributed by atoms with Crippen LogP contribution in [0.2, 0.25) is 0 Å². The molecule has 0 bridgehead atoms. The van der Waals surface area contributed by atoms with E-state index in [1.54, 1.807) is 6.07 Å². The molecule has 4 heteroatoms. The van der Waals surface area contributed by atoms with E-state index in [9.17, 15) is 9.18 Å². The van der Waals surface area contributed by atoms with Gasteiger partial charge in [0, 0.05) is 29.1 Å². The summed E-state index contributed by atoms with van der Waals surface area (Å²) in [7, 11) is 0. The number of rotatable bonds is 1. The van der Waals surface area contributed by atoms with E-state index in [-0.39, 0.29) is 11.4 Å². The Morgan fingerprint density at radius 1 is 1.20 bits per heavy atom. The summed E-state index contributed by atoms with van der Waals surface area (Å²) < 4.78 is 13.0. The summed E-state index contributed by atoms with van der Waals surface area (Å²) in [6.07, 6.45) is 1.51. The van der Waals surface area contributed by atoms with Gasteiger partial charge in [0.1, 0.15) is 5.82 Å². The van der Waals surface area contributed by atoms with Crippen LogP contribution in [0.25, 0.3) is 11.1 Å². The standard InChI is InChI=1S/C11H9FN2O/c12-8-2-3-10(13)9(5-8)7-1-4-11(15)14-6-7/h1-6H,13H2,(H,14,15). The molecule has 0 saturated heterocycles. The second-order valence-electron chi connectivity index (χ2n) is 3.17. The Balaban J connectivity index is 2.58. The summed E-state index contributed by atoms with van der Waals surface area (Å²) in [5.74, 6) is -0.356. The lowest BCUT2D eigenvalue weighted by Gasteiger charge is -2.04. The van der Waals surface area contributed by atoms with Crippen LogP contribution in [-0.4, -0.2) is 4.98 Å². The third kappa shape index (κ3) is 1.88. The fraction of sp³-hybridized carbons (Fsp3) is 0. The minimum atomic E-state index is -0.356. The Hall–Kier alpha value is -2.10. The molecule has 0 aliphatic rings. The van der Waals surface area contributed by atoms with Gasteiger partial charge in [-0.15, -0.1) is 0 Å². The van der Waals surface area contributed by atoms with Gasteiger partial charge in [0.15, 0.2) is 0 Å². The van der Waals surface area contributed by atoms with Crippen molar-refractivity contribution in [3.05, 3.63) is 52.7 Å². The van der Waals surface area contributed by atoms with Crippen molar-refractivity contribution in [2.24, 2.45) is 0 Å². The van der Waals surface area contributed by atoms with Crippen LogP contribution in [0.1, 0.15) is 0 Å². The van der Waals surface area contributed by atoms with E-state index < -0.39 is 0 Å². The zero-order valence-electron chi connectivity index (χ0n) is 7.83. The second-order valence-corrected chi connectivity index (χ2v) is 3.17. The minimum Gasteiger partial charge on any atom is -0.398 e. The zero-order valence-corrected chi connectivity index (χ0v) is 7.83. The first-order valence-corrected chi connectivity index (χ1v) is 4.41. The fourth-order valence-corrected chi connectivity index (χ4v) is 1.36. The van der Waals surface area contributed by atoms with Crippen LogP contribution in [0.4, 0.5) is 10.1 Å². The van der Waals surface area contributed by atoms with Crippen LogP contribution in [0, 0.1) is 5.82 Å². The van der Waals surface area contributed by atoms with E-state index in [2.05, 4.69) is 4.98 Å². The maximum atomic E-state index is 13.0. The van der Waals surface area contributed by atoms with Gasteiger partial charge >= 0.3 is 0 Å². The molecular weight excluding hydrogens is 195 g/mol. The summed E-state index contributed by atoms with van der Waals surface area (Å²) in [5.41, 5.74) is 7.24. The Labute approximate surface area is 85.4 Å². The molecule has 15 heavy (non-hydrogen) atoms. The van der Waals surface area contributed by atoms with Gasteiger partial charge in [-0.25, -0.2) is 4.39 Å². The summed E-state index contributed by atoms with van der Waals surface area (Å²) >= 11 is 0. The van der Waals surface area contributed by atoms with E-state index in [1.165, 1.54) is 30.5 Å². The van der Waals surface area contributed by atoms with Gasteiger partial charge in [-0.1, -0.05) is 0 Å². The fourth-order valence-electron chi connectivity index (χ4n) is 1.36. The minimum absolute atomic E-state index is 0.200. The molecule has 1 heterocycles. The normalized spacial score (nSPS) is 10.2. The molecule has 3 nitrogen and oxygen atoms in total. The first-order valence-electron chi connectivity index (χ1n) is 4.41. The molecular formula is C11H9FN2O. The number of hydrogen-bond acceptors (Lipinski definition) is 2. The van der Waals surface area contributed by atoms with Crippen molar-refractivity contribution >= 4 is 5.69 Å². The molecule has 2 aromatic rings. The number of nitrogens with two attached hydrogens (primary N) is 1. The number of nitrogens with one attached hydrogen (secondary N) is 1. The monoisotopic (exact) mass is 204 g/mol. The molecule has 76 valence electrons. The van der Waals surface area contributed by atoms with Gasteiger partial charge in [-0.3, -0.25) is 4.79 Å². The largest absolute Gasteiger partial charge is 0.398 e. The van der Waals surface area contributed by atoms with Gasteiger partial charge in [0.2, 0.25) is 5.56 Å². The number of nitrogen functional groups attached to an aromatic ring is 1. The highest BCUT2D eigenvalue weighted by Crippen LogP contribution is 2.24. The number of aromatic amines is 1. The Morgan fingerprint density at radius 2 is 2.00 bits per heavy atom. The van der Waals surface area contributed by atoms with Crippen LogP contribution < -0.4 is 11.3 Å². The maximum absolute atomic E-state index is 13.0. The number of benzene rings is 1. The molecule has 0 aliphatic heterocycles. The SMILES string of the molecule is Nc1ccc(F)cc1-c1ccc(=O)[nH]c1. The van der Waals surface area contributed by atoms with Crippen molar-refractivity contribution in [2.45, 2.75) is 0 Å². The molecule has 0 atom stereocenters. The third-order valence-corrected chi connectivity index (χ3v) is 2.11. The lowest BCUT2D eigenvalue weighted by atomic mass is 10.1. The predicted molar refractivity (Wildman–Crippen MR) is 56.9 cm³/mol. The smallest absolute Gasteiger partial charge is 0.247 e. The Bertz CT molecular complexity index is 528. The number of hydrogen-bond donors (Lipinski definition) is 2. The summed E-state index contributed by atoms with van der Waals surface area (Å²) in [5, 5.41) is 0.